The van der Waals surface area contributed by atoms with Crippen molar-refractivity contribution in [1.82, 2.24) is 10.2 Å². The summed E-state index contributed by atoms with van der Waals surface area (Å²) in [6, 6.07) is 17.6. The minimum atomic E-state index is -0.690. The minimum absolute atomic E-state index is 0.0263. The summed E-state index contributed by atoms with van der Waals surface area (Å²) in [6.45, 7) is 6.53. The summed E-state index contributed by atoms with van der Waals surface area (Å²) in [5.74, 6) is 1.43. The summed E-state index contributed by atoms with van der Waals surface area (Å²) in [5.41, 5.74) is 1.56. The number of benzene rings is 2. The molecule has 37 heavy (non-hydrogen) atoms. The van der Waals surface area contributed by atoms with Gasteiger partial charge in [-0.15, -0.1) is 11.8 Å². The number of piperidine rings is 1. The van der Waals surface area contributed by atoms with Gasteiger partial charge in [-0.1, -0.05) is 42.5 Å². The molecule has 3 rings (SSSR count). The van der Waals surface area contributed by atoms with Crippen LogP contribution in [-0.2, 0) is 15.3 Å². The van der Waals surface area contributed by atoms with Gasteiger partial charge in [0, 0.05) is 25.4 Å². The Hall–Kier alpha value is -2.71. The first-order chi connectivity index (χ1) is 17.7. The van der Waals surface area contributed by atoms with Gasteiger partial charge in [0.05, 0.1) is 17.9 Å². The topological polar surface area (TPSA) is 88.1 Å². The van der Waals surface area contributed by atoms with Gasteiger partial charge in [-0.2, -0.15) is 0 Å². The molecule has 0 spiro atoms. The van der Waals surface area contributed by atoms with E-state index >= 15 is 0 Å². The molecule has 0 bridgehead atoms. The Kier molecular flexibility index (Phi) is 10.3. The summed E-state index contributed by atoms with van der Waals surface area (Å²) in [5, 5.41) is 12.7. The van der Waals surface area contributed by atoms with Crippen LogP contribution in [0.2, 0.25) is 0 Å². The van der Waals surface area contributed by atoms with Crippen molar-refractivity contribution in [2.75, 3.05) is 26.8 Å². The average molecular weight is 529 g/mol. The fraction of sp³-hybridized carbons (Fsp3) is 0.517. The number of ether oxygens (including phenoxy) is 2. The fourth-order valence-corrected chi connectivity index (χ4v) is 5.65. The van der Waals surface area contributed by atoms with Gasteiger partial charge in [0.25, 0.3) is 0 Å². The van der Waals surface area contributed by atoms with Gasteiger partial charge < -0.3 is 24.8 Å². The molecule has 1 atom stereocenters. The first kappa shape index (κ1) is 28.9. The zero-order chi connectivity index (χ0) is 26.9. The quantitative estimate of drug-likeness (QED) is 0.434. The third-order valence-corrected chi connectivity index (χ3v) is 8.09. The monoisotopic (exact) mass is 528 g/mol. The second kappa shape index (κ2) is 13.2. The Morgan fingerprint density at radius 2 is 1.73 bits per heavy atom. The molecule has 2 aromatic rings. The highest BCUT2D eigenvalue weighted by Gasteiger charge is 2.44. The molecule has 0 aromatic heterocycles. The van der Waals surface area contributed by atoms with Crippen LogP contribution in [-0.4, -0.2) is 59.2 Å². The van der Waals surface area contributed by atoms with Gasteiger partial charge >= 0.3 is 6.09 Å². The lowest BCUT2D eigenvalue weighted by Crippen LogP contribution is -2.54. The zero-order valence-electron chi connectivity index (χ0n) is 22.4. The molecule has 7 nitrogen and oxygen atoms in total. The normalized spacial score (nSPS) is 16.1. The number of methoxy groups -OCH3 is 1. The third kappa shape index (κ3) is 8.40. The van der Waals surface area contributed by atoms with Crippen molar-refractivity contribution in [3.63, 3.8) is 0 Å². The average Bonchev–Trinajstić information content (AvgIpc) is 2.89. The predicted octanol–water partition coefficient (Wildman–Crippen LogP) is 5.33. The zero-order valence-corrected chi connectivity index (χ0v) is 23.2. The molecule has 0 aliphatic carbocycles. The van der Waals surface area contributed by atoms with Gasteiger partial charge in [-0.05, 0) is 69.7 Å². The van der Waals surface area contributed by atoms with Crippen molar-refractivity contribution in [3.05, 3.63) is 65.7 Å². The smallest absolute Gasteiger partial charge is 0.410 e. The van der Waals surface area contributed by atoms with E-state index in [4.69, 9.17) is 9.47 Å². The number of carbonyl (C=O) groups is 2. The van der Waals surface area contributed by atoms with Crippen LogP contribution in [0.25, 0.3) is 0 Å². The molecule has 2 N–H and O–H groups in total. The van der Waals surface area contributed by atoms with E-state index in [0.717, 1.165) is 16.9 Å². The molecule has 0 saturated carbocycles. The van der Waals surface area contributed by atoms with E-state index in [-0.39, 0.29) is 24.6 Å². The molecule has 0 unspecified atom stereocenters. The number of thioether (sulfide) groups is 1. The van der Waals surface area contributed by atoms with Crippen LogP contribution in [0.1, 0.15) is 63.6 Å². The van der Waals surface area contributed by atoms with Crippen molar-refractivity contribution in [2.45, 2.75) is 68.6 Å². The highest BCUT2D eigenvalue weighted by Crippen LogP contribution is 2.40. The molecule has 8 heteroatoms. The number of hydrogen-bond acceptors (Lipinski definition) is 6. The molecule has 1 fully saturated rings. The van der Waals surface area contributed by atoms with Crippen molar-refractivity contribution in [2.24, 2.45) is 0 Å². The molecule has 0 radical (unpaired) electrons. The van der Waals surface area contributed by atoms with E-state index in [1.165, 1.54) is 0 Å². The minimum Gasteiger partial charge on any atom is -0.497 e. The van der Waals surface area contributed by atoms with Crippen molar-refractivity contribution < 1.29 is 24.2 Å². The van der Waals surface area contributed by atoms with Gasteiger partial charge in [-0.25, -0.2) is 4.79 Å². The number of carbonyl (C=O) groups excluding carboxylic acids is 2. The van der Waals surface area contributed by atoms with Crippen molar-refractivity contribution in [1.29, 1.82) is 0 Å². The van der Waals surface area contributed by atoms with Crippen molar-refractivity contribution in [3.8, 4) is 5.75 Å². The molecular formula is C29H40N2O5S. The molecule has 1 aliphatic rings. The van der Waals surface area contributed by atoms with Crippen LogP contribution in [0.15, 0.2) is 54.6 Å². The second-order valence-corrected chi connectivity index (χ2v) is 11.8. The number of nitrogens with one attached hydrogen (secondary N) is 1. The summed E-state index contributed by atoms with van der Waals surface area (Å²) in [7, 11) is 1.64. The number of likely N-dealkylation sites (tertiary alicyclic amines) is 1. The summed E-state index contributed by atoms with van der Waals surface area (Å²) in [6.07, 6.45) is 1.96. The maximum atomic E-state index is 13.9. The Balaban J connectivity index is 1.78. The van der Waals surface area contributed by atoms with Crippen LogP contribution < -0.4 is 10.1 Å². The lowest BCUT2D eigenvalue weighted by Gasteiger charge is -2.41. The highest BCUT2D eigenvalue weighted by molar-refractivity contribution is 8.00. The van der Waals surface area contributed by atoms with Crippen LogP contribution >= 0.6 is 11.8 Å². The van der Waals surface area contributed by atoms with Crippen molar-refractivity contribution >= 4 is 23.8 Å². The summed E-state index contributed by atoms with van der Waals surface area (Å²) in [4.78, 5) is 28.3. The predicted molar refractivity (Wildman–Crippen MR) is 148 cm³/mol. The van der Waals surface area contributed by atoms with Gasteiger partial charge in [0.1, 0.15) is 11.4 Å². The molecule has 1 heterocycles. The van der Waals surface area contributed by atoms with Crippen LogP contribution in [0.3, 0.4) is 0 Å². The molecule has 2 amide bonds. The molecular weight excluding hydrogens is 488 g/mol. The third-order valence-electron chi connectivity index (χ3n) is 6.47. The highest BCUT2D eigenvalue weighted by atomic mass is 32.2. The number of aliphatic hydroxyl groups is 1. The van der Waals surface area contributed by atoms with Gasteiger partial charge in [-0.3, -0.25) is 4.79 Å². The Morgan fingerprint density at radius 3 is 2.30 bits per heavy atom. The summed E-state index contributed by atoms with van der Waals surface area (Å²) >= 11 is 1.63. The van der Waals surface area contributed by atoms with E-state index in [2.05, 4.69) is 5.32 Å². The fourth-order valence-electron chi connectivity index (χ4n) is 4.35. The Morgan fingerprint density at radius 1 is 1.08 bits per heavy atom. The maximum absolute atomic E-state index is 13.9. The van der Waals surface area contributed by atoms with Gasteiger partial charge in [0.15, 0.2) is 0 Å². The number of hydrogen-bond donors (Lipinski definition) is 2. The first-order valence-electron chi connectivity index (χ1n) is 12.9. The Labute approximate surface area is 224 Å². The number of nitrogens with zero attached hydrogens (tertiary/aromatic N) is 1. The van der Waals surface area contributed by atoms with E-state index in [1.54, 1.807) is 23.8 Å². The lowest BCUT2D eigenvalue weighted by atomic mass is 9.93. The molecule has 1 aliphatic heterocycles. The van der Waals surface area contributed by atoms with E-state index < -0.39 is 10.3 Å². The van der Waals surface area contributed by atoms with Crippen LogP contribution in [0, 0.1) is 0 Å². The molecule has 202 valence electrons. The van der Waals surface area contributed by atoms with Gasteiger partial charge in [0.2, 0.25) is 5.91 Å². The van der Waals surface area contributed by atoms with E-state index in [1.807, 2.05) is 75.4 Å². The standard InChI is InChI=1S/C29H40N2O5S/c1-28(2,3)36-27(34)31-18-16-29(17-19-31,37-21-22-12-14-24(35-4)15-13-22)26(33)30-25(11-8-20-32)23-9-6-5-7-10-23/h5-7,9-10,12-15,25,32H,8,11,16-21H2,1-4H3,(H,30,33)/t25-/m0/s1. The molecule has 2 aromatic carbocycles. The second-order valence-electron chi connectivity index (χ2n) is 10.4. The lowest BCUT2D eigenvalue weighted by molar-refractivity contribution is -0.125. The number of amides is 2. The SMILES string of the molecule is COc1ccc(CSC2(C(=O)N[C@@H](CCCO)c3ccccc3)CCN(C(=O)OC(C)(C)C)CC2)cc1. The summed E-state index contributed by atoms with van der Waals surface area (Å²) < 4.78 is 10.1. The van der Waals surface area contributed by atoms with Crippen LogP contribution in [0.5, 0.6) is 5.75 Å². The first-order valence-corrected chi connectivity index (χ1v) is 13.9. The number of rotatable bonds is 10. The van der Waals surface area contributed by atoms with E-state index in [0.29, 0.717) is 44.5 Å². The largest absolute Gasteiger partial charge is 0.497 e. The molecule has 1 saturated heterocycles. The Bertz CT molecular complexity index is 999. The van der Waals surface area contributed by atoms with Crippen LogP contribution in [0.4, 0.5) is 4.79 Å². The van der Waals surface area contributed by atoms with E-state index in [9.17, 15) is 14.7 Å². The number of aliphatic hydroxyl groups excluding tert-OH is 1. The maximum Gasteiger partial charge on any atom is 0.410 e.